The SMILES string of the molecule is COc1ccc(N(C)C(=O)C(C)=C(C)C(=O)O)cc1. The largest absolute Gasteiger partial charge is 0.497 e. The highest BCUT2D eigenvalue weighted by Crippen LogP contribution is 2.20. The van der Waals surface area contributed by atoms with E-state index in [-0.39, 0.29) is 17.1 Å². The standard InChI is InChI=1S/C14H17NO4/c1-9(10(2)14(17)18)13(16)15(3)11-5-7-12(19-4)8-6-11/h5-8H,1-4H3,(H,17,18). The van der Waals surface area contributed by atoms with Gasteiger partial charge in [-0.1, -0.05) is 0 Å². The summed E-state index contributed by atoms with van der Waals surface area (Å²) in [6.45, 7) is 2.92. The van der Waals surface area contributed by atoms with Gasteiger partial charge in [0.05, 0.1) is 7.11 Å². The van der Waals surface area contributed by atoms with E-state index in [9.17, 15) is 9.59 Å². The number of carbonyl (C=O) groups is 2. The van der Waals surface area contributed by atoms with Crippen LogP contribution in [0.4, 0.5) is 5.69 Å². The Morgan fingerprint density at radius 2 is 1.63 bits per heavy atom. The molecule has 0 bridgehead atoms. The van der Waals surface area contributed by atoms with Crippen LogP contribution < -0.4 is 9.64 Å². The van der Waals surface area contributed by atoms with Gasteiger partial charge in [-0.2, -0.15) is 0 Å². The molecule has 1 N–H and O–H groups in total. The highest BCUT2D eigenvalue weighted by Gasteiger charge is 2.17. The first-order valence-corrected chi connectivity index (χ1v) is 5.71. The molecule has 1 aromatic rings. The van der Waals surface area contributed by atoms with Gasteiger partial charge >= 0.3 is 5.97 Å². The highest BCUT2D eigenvalue weighted by molar-refractivity contribution is 6.09. The Hall–Kier alpha value is -2.30. The van der Waals surface area contributed by atoms with E-state index in [4.69, 9.17) is 9.84 Å². The molecule has 0 atom stereocenters. The van der Waals surface area contributed by atoms with Crippen molar-refractivity contribution in [2.45, 2.75) is 13.8 Å². The molecule has 19 heavy (non-hydrogen) atoms. The average Bonchev–Trinajstić information content (AvgIpc) is 2.44. The van der Waals surface area contributed by atoms with E-state index in [1.807, 2.05) is 0 Å². The fourth-order valence-electron chi connectivity index (χ4n) is 1.50. The summed E-state index contributed by atoms with van der Waals surface area (Å²) in [5.74, 6) is -0.738. The van der Waals surface area contributed by atoms with Gasteiger partial charge in [0.25, 0.3) is 5.91 Å². The number of rotatable bonds is 4. The minimum Gasteiger partial charge on any atom is -0.497 e. The smallest absolute Gasteiger partial charge is 0.331 e. The predicted molar refractivity (Wildman–Crippen MR) is 72.4 cm³/mol. The Kier molecular flexibility index (Phi) is 4.69. The lowest BCUT2D eigenvalue weighted by Gasteiger charge is -2.18. The zero-order valence-electron chi connectivity index (χ0n) is 11.4. The van der Waals surface area contributed by atoms with Crippen molar-refractivity contribution in [3.8, 4) is 5.75 Å². The van der Waals surface area contributed by atoms with E-state index < -0.39 is 5.97 Å². The van der Waals surface area contributed by atoms with Crippen LogP contribution >= 0.6 is 0 Å². The van der Waals surface area contributed by atoms with E-state index in [0.717, 1.165) is 0 Å². The number of carbonyl (C=O) groups excluding carboxylic acids is 1. The van der Waals surface area contributed by atoms with Crippen molar-refractivity contribution in [3.63, 3.8) is 0 Å². The van der Waals surface area contributed by atoms with Gasteiger partial charge in [0.15, 0.2) is 0 Å². The number of carboxylic acids is 1. The average molecular weight is 263 g/mol. The molecule has 102 valence electrons. The summed E-state index contributed by atoms with van der Waals surface area (Å²) in [5, 5.41) is 8.88. The molecule has 0 saturated carbocycles. The quantitative estimate of drug-likeness (QED) is 0.844. The van der Waals surface area contributed by atoms with Crippen LogP contribution in [0.1, 0.15) is 13.8 Å². The molecule has 1 aromatic carbocycles. The Balaban J connectivity index is 2.99. The van der Waals surface area contributed by atoms with E-state index in [2.05, 4.69) is 0 Å². The van der Waals surface area contributed by atoms with Gasteiger partial charge in [0.1, 0.15) is 5.75 Å². The number of aliphatic carboxylic acids is 1. The maximum Gasteiger partial charge on any atom is 0.331 e. The van der Waals surface area contributed by atoms with Crippen LogP contribution in [0.5, 0.6) is 5.75 Å². The number of methoxy groups -OCH3 is 1. The van der Waals surface area contributed by atoms with Crippen LogP contribution in [0.15, 0.2) is 35.4 Å². The number of amides is 1. The lowest BCUT2D eigenvalue weighted by Crippen LogP contribution is -2.28. The van der Waals surface area contributed by atoms with Crippen molar-refractivity contribution < 1.29 is 19.4 Å². The third kappa shape index (κ3) is 3.34. The fourth-order valence-corrected chi connectivity index (χ4v) is 1.50. The maximum atomic E-state index is 12.1. The Labute approximate surface area is 112 Å². The molecule has 0 unspecified atom stereocenters. The van der Waals surface area contributed by atoms with Crippen molar-refractivity contribution in [2.75, 3.05) is 19.1 Å². The number of nitrogens with zero attached hydrogens (tertiary/aromatic N) is 1. The van der Waals surface area contributed by atoms with Gasteiger partial charge in [-0.3, -0.25) is 4.79 Å². The Morgan fingerprint density at radius 1 is 1.11 bits per heavy atom. The van der Waals surface area contributed by atoms with Crippen LogP contribution in [0, 0.1) is 0 Å². The number of hydrogen-bond donors (Lipinski definition) is 1. The van der Waals surface area contributed by atoms with Crippen LogP contribution in [-0.4, -0.2) is 31.1 Å². The predicted octanol–water partition coefficient (Wildman–Crippen LogP) is 2.08. The second kappa shape index (κ2) is 6.04. The van der Waals surface area contributed by atoms with Crippen LogP contribution in [0.3, 0.4) is 0 Å². The topological polar surface area (TPSA) is 66.8 Å². The molecular weight excluding hydrogens is 246 g/mol. The molecule has 0 radical (unpaired) electrons. The molecule has 5 nitrogen and oxygen atoms in total. The number of ether oxygens (including phenoxy) is 1. The van der Waals surface area contributed by atoms with Gasteiger partial charge in [-0.15, -0.1) is 0 Å². The van der Waals surface area contributed by atoms with Gasteiger partial charge in [-0.05, 0) is 38.1 Å². The number of anilines is 1. The molecular formula is C14H17NO4. The summed E-state index contributed by atoms with van der Waals surface area (Å²) in [6.07, 6.45) is 0. The van der Waals surface area contributed by atoms with Crippen molar-refractivity contribution in [3.05, 3.63) is 35.4 Å². The maximum absolute atomic E-state index is 12.1. The minimum absolute atomic E-state index is 0.0466. The third-order valence-corrected chi connectivity index (χ3v) is 2.97. The summed E-state index contributed by atoms with van der Waals surface area (Å²) in [7, 11) is 3.16. The van der Waals surface area contributed by atoms with E-state index in [1.165, 1.54) is 18.7 Å². The highest BCUT2D eigenvalue weighted by atomic mass is 16.5. The number of likely N-dealkylation sites (N-methyl/N-ethyl adjacent to an activating group) is 1. The number of benzene rings is 1. The molecule has 0 aliphatic rings. The third-order valence-electron chi connectivity index (χ3n) is 2.97. The molecule has 5 heteroatoms. The minimum atomic E-state index is -1.09. The molecule has 0 saturated heterocycles. The van der Waals surface area contributed by atoms with Gasteiger partial charge in [-0.25, -0.2) is 4.79 Å². The van der Waals surface area contributed by atoms with E-state index >= 15 is 0 Å². The molecule has 0 aromatic heterocycles. The number of carboxylic acid groups (broad SMARTS) is 1. The van der Waals surface area contributed by atoms with Gasteiger partial charge < -0.3 is 14.7 Å². The zero-order chi connectivity index (χ0) is 14.6. The Bertz CT molecular complexity index is 517. The van der Waals surface area contributed by atoms with Crippen molar-refractivity contribution in [1.29, 1.82) is 0 Å². The van der Waals surface area contributed by atoms with Gasteiger partial charge in [0.2, 0.25) is 0 Å². The molecule has 1 rings (SSSR count). The lowest BCUT2D eigenvalue weighted by molar-refractivity contribution is -0.133. The summed E-state index contributed by atoms with van der Waals surface area (Å²) in [4.78, 5) is 24.4. The number of hydrogen-bond acceptors (Lipinski definition) is 3. The molecule has 0 fully saturated rings. The molecule has 1 amide bonds. The van der Waals surface area contributed by atoms with Crippen LogP contribution in [-0.2, 0) is 9.59 Å². The molecule has 0 heterocycles. The zero-order valence-corrected chi connectivity index (χ0v) is 11.4. The summed E-state index contributed by atoms with van der Waals surface area (Å²) >= 11 is 0. The van der Waals surface area contributed by atoms with Crippen LogP contribution in [0.2, 0.25) is 0 Å². The monoisotopic (exact) mass is 263 g/mol. The molecule has 0 spiro atoms. The van der Waals surface area contributed by atoms with Crippen molar-refractivity contribution in [1.82, 2.24) is 0 Å². The van der Waals surface area contributed by atoms with E-state index in [0.29, 0.717) is 11.4 Å². The summed E-state index contributed by atoms with van der Waals surface area (Å²) < 4.78 is 5.04. The lowest BCUT2D eigenvalue weighted by atomic mass is 10.1. The first-order valence-electron chi connectivity index (χ1n) is 5.71. The molecule has 0 aliphatic carbocycles. The second-order valence-electron chi connectivity index (χ2n) is 4.12. The second-order valence-corrected chi connectivity index (χ2v) is 4.12. The summed E-state index contributed by atoms with van der Waals surface area (Å²) in [5.41, 5.74) is 0.930. The first kappa shape index (κ1) is 14.8. The van der Waals surface area contributed by atoms with Crippen molar-refractivity contribution >= 4 is 17.6 Å². The normalized spacial score (nSPS) is 11.6. The van der Waals surface area contributed by atoms with Crippen molar-refractivity contribution in [2.24, 2.45) is 0 Å². The van der Waals surface area contributed by atoms with Gasteiger partial charge in [0, 0.05) is 23.9 Å². The fraction of sp³-hybridized carbons (Fsp3) is 0.286. The summed E-state index contributed by atoms with van der Waals surface area (Å²) in [6, 6.07) is 6.95. The first-order chi connectivity index (χ1) is 8.88. The molecule has 0 aliphatic heterocycles. The van der Waals surface area contributed by atoms with E-state index in [1.54, 1.807) is 38.4 Å². The van der Waals surface area contributed by atoms with Crippen LogP contribution in [0.25, 0.3) is 0 Å². The Morgan fingerprint density at radius 3 is 2.05 bits per heavy atom.